The minimum absolute atomic E-state index is 0.363. The lowest BCUT2D eigenvalue weighted by Crippen LogP contribution is -2.47. The van der Waals surface area contributed by atoms with Gasteiger partial charge in [0.25, 0.3) is 0 Å². The van der Waals surface area contributed by atoms with E-state index >= 15 is 0 Å². The molecular weight excluding hydrogens is 196 g/mol. The van der Waals surface area contributed by atoms with Gasteiger partial charge in [-0.3, -0.25) is 4.90 Å². The molecule has 1 aromatic carbocycles. The molecule has 0 saturated heterocycles. The smallest absolute Gasteiger partial charge is 0.0247 e. The van der Waals surface area contributed by atoms with Crippen molar-refractivity contribution in [1.29, 1.82) is 0 Å². The Kier molecular flexibility index (Phi) is 3.97. The summed E-state index contributed by atoms with van der Waals surface area (Å²) in [6, 6.07) is 11.6. The predicted octanol–water partition coefficient (Wildman–Crippen LogP) is 2.39. The molecule has 1 fully saturated rings. The summed E-state index contributed by atoms with van der Waals surface area (Å²) >= 11 is 0. The third kappa shape index (κ3) is 2.83. The first kappa shape index (κ1) is 11.6. The van der Waals surface area contributed by atoms with Gasteiger partial charge in [0.2, 0.25) is 0 Å². The topological polar surface area (TPSA) is 29.3 Å². The monoisotopic (exact) mass is 218 g/mol. The van der Waals surface area contributed by atoms with Gasteiger partial charge in [-0.25, -0.2) is 0 Å². The van der Waals surface area contributed by atoms with Gasteiger partial charge in [-0.15, -0.1) is 0 Å². The normalized spacial score (nSPS) is 25.9. The first-order chi connectivity index (χ1) is 7.77. The van der Waals surface area contributed by atoms with Gasteiger partial charge < -0.3 is 5.73 Å². The van der Waals surface area contributed by atoms with Crippen LogP contribution in [0.5, 0.6) is 0 Å². The number of nitrogens with zero attached hydrogens (tertiary/aromatic N) is 1. The quantitative estimate of drug-likeness (QED) is 0.844. The van der Waals surface area contributed by atoms with Crippen LogP contribution in [-0.2, 0) is 6.54 Å². The predicted molar refractivity (Wildman–Crippen MR) is 68.1 cm³/mol. The minimum Gasteiger partial charge on any atom is -0.326 e. The molecule has 1 aromatic rings. The number of benzene rings is 1. The number of hydrogen-bond acceptors (Lipinski definition) is 2. The molecule has 1 aliphatic carbocycles. The molecule has 16 heavy (non-hydrogen) atoms. The molecule has 0 unspecified atom stereocenters. The van der Waals surface area contributed by atoms with Crippen LogP contribution >= 0.6 is 0 Å². The second-order valence-corrected chi connectivity index (χ2v) is 4.92. The zero-order chi connectivity index (χ0) is 11.4. The molecule has 2 N–H and O–H groups in total. The number of nitrogens with two attached hydrogens (primary N) is 1. The highest BCUT2D eigenvalue weighted by Crippen LogP contribution is 2.22. The fraction of sp³-hybridized carbons (Fsp3) is 0.571. The van der Waals surface area contributed by atoms with E-state index in [0.717, 1.165) is 6.54 Å². The van der Waals surface area contributed by atoms with E-state index in [1.807, 2.05) is 0 Å². The van der Waals surface area contributed by atoms with Gasteiger partial charge in [0.1, 0.15) is 0 Å². The van der Waals surface area contributed by atoms with Crippen molar-refractivity contribution in [2.24, 2.45) is 5.73 Å². The Morgan fingerprint density at radius 2 is 1.88 bits per heavy atom. The molecule has 0 bridgehead atoms. The molecule has 0 aromatic heterocycles. The largest absolute Gasteiger partial charge is 0.326 e. The SMILES string of the molecule is CN(Cc1ccccc1)[C@@H]1CCCC[C@H]1N. The molecule has 1 saturated carbocycles. The van der Waals surface area contributed by atoms with Crippen molar-refractivity contribution in [3.63, 3.8) is 0 Å². The Bertz CT molecular complexity index is 310. The molecular formula is C14H22N2. The number of likely N-dealkylation sites (N-methyl/N-ethyl adjacent to an activating group) is 1. The summed E-state index contributed by atoms with van der Waals surface area (Å²) in [5, 5.41) is 0. The minimum atomic E-state index is 0.363. The lowest BCUT2D eigenvalue weighted by Gasteiger charge is -2.36. The van der Waals surface area contributed by atoms with Gasteiger partial charge in [-0.2, -0.15) is 0 Å². The summed E-state index contributed by atoms with van der Waals surface area (Å²) in [6.07, 6.45) is 5.07. The van der Waals surface area contributed by atoms with Crippen LogP contribution in [0, 0.1) is 0 Å². The average Bonchev–Trinajstić information content (AvgIpc) is 2.31. The van der Waals surface area contributed by atoms with Crippen LogP contribution in [0.1, 0.15) is 31.2 Å². The highest BCUT2D eigenvalue weighted by molar-refractivity contribution is 5.14. The Labute approximate surface area is 98.4 Å². The number of rotatable bonds is 3. The second-order valence-electron chi connectivity index (χ2n) is 4.92. The van der Waals surface area contributed by atoms with Crippen LogP contribution in [0.4, 0.5) is 0 Å². The molecule has 2 atom stereocenters. The summed E-state index contributed by atoms with van der Waals surface area (Å²) in [7, 11) is 2.20. The maximum Gasteiger partial charge on any atom is 0.0247 e. The zero-order valence-electron chi connectivity index (χ0n) is 10.1. The Balaban J connectivity index is 1.94. The first-order valence-corrected chi connectivity index (χ1v) is 6.27. The molecule has 1 aliphatic rings. The molecule has 2 heteroatoms. The molecule has 0 radical (unpaired) electrons. The molecule has 0 spiro atoms. The van der Waals surface area contributed by atoms with E-state index in [-0.39, 0.29) is 0 Å². The average molecular weight is 218 g/mol. The van der Waals surface area contributed by atoms with Gasteiger partial charge in [0.15, 0.2) is 0 Å². The van der Waals surface area contributed by atoms with Crippen LogP contribution in [0.15, 0.2) is 30.3 Å². The van der Waals surface area contributed by atoms with Crippen molar-refractivity contribution in [3.8, 4) is 0 Å². The third-order valence-electron chi connectivity index (χ3n) is 3.62. The fourth-order valence-corrected chi connectivity index (χ4v) is 2.68. The first-order valence-electron chi connectivity index (χ1n) is 6.27. The van der Waals surface area contributed by atoms with Gasteiger partial charge in [-0.1, -0.05) is 43.2 Å². The van der Waals surface area contributed by atoms with Crippen molar-refractivity contribution >= 4 is 0 Å². The van der Waals surface area contributed by atoms with Gasteiger partial charge in [-0.05, 0) is 25.5 Å². The van der Waals surface area contributed by atoms with E-state index in [1.165, 1.54) is 31.2 Å². The van der Waals surface area contributed by atoms with E-state index in [2.05, 4.69) is 42.3 Å². The standard InChI is InChI=1S/C14H22N2/c1-16(11-12-7-3-2-4-8-12)14-10-6-5-9-13(14)15/h2-4,7-8,13-14H,5-6,9-11,15H2,1H3/t13-,14-/m1/s1. The van der Waals surface area contributed by atoms with E-state index in [1.54, 1.807) is 0 Å². The van der Waals surface area contributed by atoms with Crippen molar-refractivity contribution in [2.45, 2.75) is 44.3 Å². The second kappa shape index (κ2) is 5.46. The van der Waals surface area contributed by atoms with E-state index < -0.39 is 0 Å². The van der Waals surface area contributed by atoms with Crippen molar-refractivity contribution < 1.29 is 0 Å². The van der Waals surface area contributed by atoms with Crippen molar-refractivity contribution in [2.75, 3.05) is 7.05 Å². The molecule has 2 nitrogen and oxygen atoms in total. The Hall–Kier alpha value is -0.860. The maximum atomic E-state index is 6.19. The molecule has 0 amide bonds. The summed E-state index contributed by atoms with van der Waals surface area (Å²) < 4.78 is 0. The van der Waals surface area contributed by atoms with E-state index in [9.17, 15) is 0 Å². The lowest BCUT2D eigenvalue weighted by atomic mass is 9.90. The van der Waals surface area contributed by atoms with E-state index in [4.69, 9.17) is 5.73 Å². The summed E-state index contributed by atoms with van der Waals surface area (Å²) in [5.41, 5.74) is 7.57. The van der Waals surface area contributed by atoms with Crippen LogP contribution in [0.2, 0.25) is 0 Å². The molecule has 0 heterocycles. The zero-order valence-corrected chi connectivity index (χ0v) is 10.1. The Morgan fingerprint density at radius 1 is 1.19 bits per heavy atom. The maximum absolute atomic E-state index is 6.19. The van der Waals surface area contributed by atoms with E-state index in [0.29, 0.717) is 12.1 Å². The molecule has 0 aliphatic heterocycles. The summed E-state index contributed by atoms with van der Waals surface area (Å²) in [5.74, 6) is 0. The van der Waals surface area contributed by atoms with Crippen LogP contribution < -0.4 is 5.73 Å². The molecule has 88 valence electrons. The highest BCUT2D eigenvalue weighted by atomic mass is 15.1. The fourth-order valence-electron chi connectivity index (χ4n) is 2.68. The summed E-state index contributed by atoms with van der Waals surface area (Å²) in [4.78, 5) is 2.42. The van der Waals surface area contributed by atoms with Crippen LogP contribution in [-0.4, -0.2) is 24.0 Å². The third-order valence-corrected chi connectivity index (χ3v) is 3.62. The summed E-state index contributed by atoms with van der Waals surface area (Å²) in [6.45, 7) is 1.01. The lowest BCUT2D eigenvalue weighted by molar-refractivity contribution is 0.162. The van der Waals surface area contributed by atoms with Crippen molar-refractivity contribution in [1.82, 2.24) is 4.90 Å². The van der Waals surface area contributed by atoms with Crippen LogP contribution in [0.3, 0.4) is 0 Å². The Morgan fingerprint density at radius 3 is 2.56 bits per heavy atom. The van der Waals surface area contributed by atoms with Crippen LogP contribution in [0.25, 0.3) is 0 Å². The van der Waals surface area contributed by atoms with Crippen molar-refractivity contribution in [3.05, 3.63) is 35.9 Å². The highest BCUT2D eigenvalue weighted by Gasteiger charge is 2.25. The van der Waals surface area contributed by atoms with Gasteiger partial charge >= 0.3 is 0 Å². The van der Waals surface area contributed by atoms with Gasteiger partial charge in [0, 0.05) is 18.6 Å². The van der Waals surface area contributed by atoms with Gasteiger partial charge in [0.05, 0.1) is 0 Å². The molecule has 2 rings (SSSR count). The number of hydrogen-bond donors (Lipinski definition) is 1.